The molecule has 1 aliphatic carbocycles. The maximum atomic E-state index is 5.16. The molecule has 0 N–H and O–H groups in total. The molecule has 0 radical (unpaired) electrons. The normalized spacial score (nSPS) is 12.8. The highest BCUT2D eigenvalue weighted by atomic mass is 32.1. The minimum Gasteiger partial charge on any atom is -0.208 e. The molecule has 10 aromatic rings. The van der Waals surface area contributed by atoms with Crippen LogP contribution in [0, 0.1) is 0 Å². The first-order chi connectivity index (χ1) is 27.8. The van der Waals surface area contributed by atoms with Gasteiger partial charge in [0.15, 0.2) is 17.5 Å². The summed E-state index contributed by atoms with van der Waals surface area (Å²) in [5.74, 6) is 1.98. The first-order valence-electron chi connectivity index (χ1n) is 18.9. The zero-order valence-corrected chi connectivity index (χ0v) is 31.1. The van der Waals surface area contributed by atoms with Crippen LogP contribution in [0.3, 0.4) is 0 Å². The molecule has 2 heterocycles. The van der Waals surface area contributed by atoms with E-state index >= 15 is 0 Å². The summed E-state index contributed by atoms with van der Waals surface area (Å²) in [6.07, 6.45) is 0. The molecule has 8 aromatic carbocycles. The molecular formula is C52H33N3S. The van der Waals surface area contributed by atoms with Crippen LogP contribution in [-0.4, -0.2) is 15.0 Å². The summed E-state index contributed by atoms with van der Waals surface area (Å²) < 4.78 is 2.43. The Bertz CT molecular complexity index is 2970. The lowest BCUT2D eigenvalue weighted by molar-refractivity contribution is 0.770. The highest BCUT2D eigenvalue weighted by Gasteiger charge is 2.47. The number of benzene rings is 8. The van der Waals surface area contributed by atoms with Gasteiger partial charge in [-0.25, -0.2) is 15.0 Å². The van der Waals surface area contributed by atoms with Gasteiger partial charge < -0.3 is 0 Å². The molecule has 0 unspecified atom stereocenters. The van der Waals surface area contributed by atoms with Gasteiger partial charge in [0.05, 0.1) is 5.41 Å². The standard InChI is InChI=1S/C52H33N3S/c1-5-17-34(18-6-1)49-53-50(35-19-7-2-8-20-35)55-51(54-49)42-28-16-30-46-47(42)43-33-36(31-32-45(43)56-46)39-26-15-27-41-40-25-13-14-29-44(40)52(48(39)41,37-21-9-3-10-22-37)38-23-11-4-12-24-38/h1-33H. The Labute approximate surface area is 329 Å². The van der Waals surface area contributed by atoms with Crippen LogP contribution < -0.4 is 0 Å². The minimum atomic E-state index is -0.506. The minimum absolute atomic E-state index is 0.506. The van der Waals surface area contributed by atoms with Crippen molar-refractivity contribution in [2.24, 2.45) is 0 Å². The largest absolute Gasteiger partial charge is 0.208 e. The van der Waals surface area contributed by atoms with Gasteiger partial charge >= 0.3 is 0 Å². The number of hydrogen-bond acceptors (Lipinski definition) is 4. The molecule has 0 amide bonds. The van der Waals surface area contributed by atoms with Gasteiger partial charge in [-0.1, -0.05) is 182 Å². The van der Waals surface area contributed by atoms with E-state index in [4.69, 9.17) is 15.0 Å². The molecule has 0 aliphatic heterocycles. The summed E-state index contributed by atoms with van der Waals surface area (Å²) in [5.41, 5.74) is 12.5. The van der Waals surface area contributed by atoms with Crippen molar-refractivity contribution in [2.45, 2.75) is 5.41 Å². The Balaban J connectivity index is 1.17. The number of fused-ring (bicyclic) bond motifs is 6. The maximum absolute atomic E-state index is 5.16. The second-order valence-electron chi connectivity index (χ2n) is 14.3. The van der Waals surface area contributed by atoms with Crippen LogP contribution in [0.25, 0.3) is 76.6 Å². The number of aromatic nitrogens is 3. The van der Waals surface area contributed by atoms with Crippen molar-refractivity contribution in [3.05, 3.63) is 222 Å². The van der Waals surface area contributed by atoms with Crippen molar-refractivity contribution < 1.29 is 0 Å². The third kappa shape index (κ3) is 5.00. The number of nitrogens with zero attached hydrogens (tertiary/aromatic N) is 3. The monoisotopic (exact) mass is 731 g/mol. The van der Waals surface area contributed by atoms with Gasteiger partial charge in [-0.2, -0.15) is 0 Å². The fraction of sp³-hybridized carbons (Fsp3) is 0.0192. The number of thiophene rings is 1. The lowest BCUT2D eigenvalue weighted by Gasteiger charge is -2.35. The van der Waals surface area contributed by atoms with Crippen LogP contribution in [0.5, 0.6) is 0 Å². The molecule has 56 heavy (non-hydrogen) atoms. The van der Waals surface area contributed by atoms with Gasteiger partial charge in [-0.3, -0.25) is 0 Å². The second kappa shape index (κ2) is 13.1. The summed E-state index contributed by atoms with van der Waals surface area (Å²) >= 11 is 1.81. The van der Waals surface area contributed by atoms with Crippen LogP contribution in [0.1, 0.15) is 22.3 Å². The summed E-state index contributed by atoms with van der Waals surface area (Å²) in [6.45, 7) is 0. The fourth-order valence-corrected chi connectivity index (χ4v) is 9.97. The van der Waals surface area contributed by atoms with E-state index in [0.29, 0.717) is 17.5 Å². The van der Waals surface area contributed by atoms with Gasteiger partial charge in [0.25, 0.3) is 0 Å². The van der Waals surface area contributed by atoms with E-state index in [1.54, 1.807) is 0 Å². The second-order valence-corrected chi connectivity index (χ2v) is 15.4. The van der Waals surface area contributed by atoms with E-state index in [1.165, 1.54) is 59.3 Å². The highest BCUT2D eigenvalue weighted by Crippen LogP contribution is 2.58. The van der Waals surface area contributed by atoms with Crippen molar-refractivity contribution in [1.82, 2.24) is 15.0 Å². The Morgan fingerprint density at radius 2 is 0.875 bits per heavy atom. The van der Waals surface area contributed by atoms with E-state index in [0.717, 1.165) is 22.1 Å². The van der Waals surface area contributed by atoms with Gasteiger partial charge in [-0.05, 0) is 62.7 Å². The lowest BCUT2D eigenvalue weighted by atomic mass is 9.66. The summed E-state index contributed by atoms with van der Waals surface area (Å²) in [7, 11) is 0. The third-order valence-corrected chi connectivity index (χ3v) is 12.4. The van der Waals surface area contributed by atoms with E-state index in [1.807, 2.05) is 47.7 Å². The molecule has 1 aliphatic rings. The van der Waals surface area contributed by atoms with Crippen molar-refractivity contribution in [1.29, 1.82) is 0 Å². The predicted molar refractivity (Wildman–Crippen MR) is 232 cm³/mol. The Morgan fingerprint density at radius 3 is 1.54 bits per heavy atom. The zero-order valence-electron chi connectivity index (χ0n) is 30.3. The molecular weight excluding hydrogens is 699 g/mol. The SMILES string of the molecule is c1ccc(-c2nc(-c3ccccc3)nc(-c3cccc4sc5ccc(-c6cccc7c6C(c6ccccc6)(c6ccccc6)c6ccccc6-7)cc5c34)n2)cc1. The van der Waals surface area contributed by atoms with Crippen LogP contribution in [-0.2, 0) is 5.41 Å². The molecule has 11 rings (SSSR count). The molecule has 0 saturated carbocycles. The Hall–Kier alpha value is -7.01. The van der Waals surface area contributed by atoms with E-state index in [2.05, 4.69) is 164 Å². The summed E-state index contributed by atoms with van der Waals surface area (Å²) in [6, 6.07) is 71.7. The predicted octanol–water partition coefficient (Wildman–Crippen LogP) is 13.3. The van der Waals surface area contributed by atoms with E-state index in [-0.39, 0.29) is 0 Å². The van der Waals surface area contributed by atoms with Crippen molar-refractivity contribution in [3.8, 4) is 56.4 Å². The van der Waals surface area contributed by atoms with E-state index in [9.17, 15) is 0 Å². The molecule has 0 bridgehead atoms. The molecule has 0 spiro atoms. The third-order valence-electron chi connectivity index (χ3n) is 11.2. The molecule has 2 aromatic heterocycles. The van der Waals surface area contributed by atoms with Crippen LogP contribution >= 0.6 is 11.3 Å². The summed E-state index contributed by atoms with van der Waals surface area (Å²) in [5, 5.41) is 2.35. The first-order valence-corrected chi connectivity index (χ1v) is 19.8. The Morgan fingerprint density at radius 1 is 0.357 bits per heavy atom. The van der Waals surface area contributed by atoms with Crippen molar-refractivity contribution >= 4 is 31.5 Å². The van der Waals surface area contributed by atoms with Crippen LogP contribution in [0.4, 0.5) is 0 Å². The van der Waals surface area contributed by atoms with Crippen molar-refractivity contribution in [2.75, 3.05) is 0 Å². The van der Waals surface area contributed by atoms with Gasteiger partial charge in [0.2, 0.25) is 0 Å². The average molecular weight is 732 g/mol. The first kappa shape index (κ1) is 32.4. The molecule has 0 saturated heterocycles. The highest BCUT2D eigenvalue weighted by molar-refractivity contribution is 7.26. The summed E-state index contributed by atoms with van der Waals surface area (Å²) in [4.78, 5) is 15.3. The van der Waals surface area contributed by atoms with Gasteiger partial charge in [0.1, 0.15) is 0 Å². The Kier molecular flexibility index (Phi) is 7.58. The quantitative estimate of drug-likeness (QED) is 0.171. The van der Waals surface area contributed by atoms with E-state index < -0.39 is 5.41 Å². The van der Waals surface area contributed by atoms with Crippen molar-refractivity contribution in [3.63, 3.8) is 0 Å². The number of hydrogen-bond donors (Lipinski definition) is 0. The van der Waals surface area contributed by atoms with Gasteiger partial charge in [-0.15, -0.1) is 11.3 Å². The molecule has 262 valence electrons. The lowest BCUT2D eigenvalue weighted by Crippen LogP contribution is -2.29. The number of rotatable bonds is 6. The zero-order chi connectivity index (χ0) is 37.1. The molecule has 4 heteroatoms. The average Bonchev–Trinajstić information content (AvgIpc) is 3.81. The molecule has 3 nitrogen and oxygen atoms in total. The fourth-order valence-electron chi connectivity index (χ4n) is 8.85. The molecule has 0 atom stereocenters. The smallest absolute Gasteiger partial charge is 0.164 e. The molecule has 0 fully saturated rings. The van der Waals surface area contributed by atoms with Crippen LogP contribution in [0.15, 0.2) is 200 Å². The topological polar surface area (TPSA) is 38.7 Å². The van der Waals surface area contributed by atoms with Gasteiger partial charge in [0, 0.05) is 36.9 Å². The van der Waals surface area contributed by atoms with Crippen LogP contribution in [0.2, 0.25) is 0 Å². The maximum Gasteiger partial charge on any atom is 0.164 e.